The highest BCUT2D eigenvalue weighted by Gasteiger charge is 2.32. The molecule has 3 aromatic carbocycles. The van der Waals surface area contributed by atoms with E-state index in [1.165, 1.54) is 36.4 Å². The molecule has 41 heavy (non-hydrogen) atoms. The zero-order chi connectivity index (χ0) is 30.2. The van der Waals surface area contributed by atoms with Crippen molar-refractivity contribution in [1.82, 2.24) is 5.32 Å². The number of rotatable bonds is 10. The summed E-state index contributed by atoms with van der Waals surface area (Å²) >= 11 is 0. The van der Waals surface area contributed by atoms with Gasteiger partial charge in [0.25, 0.3) is 5.91 Å². The third-order valence-electron chi connectivity index (χ3n) is 5.01. The number of hydrogen-bond acceptors (Lipinski definition) is 6. The van der Waals surface area contributed by atoms with Crippen LogP contribution in [0.15, 0.2) is 66.7 Å². The minimum atomic E-state index is -5.03. The monoisotopic (exact) mass is 586 g/mol. The topological polar surface area (TPSA) is 123 Å². The lowest BCUT2D eigenvalue weighted by molar-refractivity contribution is -0.275. The summed E-state index contributed by atoms with van der Waals surface area (Å²) in [7, 11) is 0. The maximum absolute atomic E-state index is 12.7. The van der Waals surface area contributed by atoms with Crippen LogP contribution in [0.5, 0.6) is 17.2 Å². The molecule has 15 heteroatoms. The van der Waals surface area contributed by atoms with Crippen molar-refractivity contribution in [2.45, 2.75) is 25.6 Å². The molecule has 9 nitrogen and oxygen atoms in total. The van der Waals surface area contributed by atoms with E-state index in [1.807, 2.05) is 0 Å². The summed E-state index contributed by atoms with van der Waals surface area (Å²) < 4.78 is 89.0. The van der Waals surface area contributed by atoms with Gasteiger partial charge in [-0.3, -0.25) is 14.9 Å². The molecule has 0 aliphatic rings. The van der Waals surface area contributed by atoms with E-state index in [2.05, 4.69) is 20.1 Å². The predicted octanol–water partition coefficient (Wildman–Crippen LogP) is 5.89. The van der Waals surface area contributed by atoms with Crippen LogP contribution >= 0.6 is 0 Å². The molecule has 0 saturated carbocycles. The standard InChI is InChI=1S/C26H20F6N2O7/c27-25(28,29)40-19-3-1-2-15(13-19)12-17-14-20(41-26(30,31)32)8-9-21(17)39-24(38)34-18-6-4-16(5-7-18)23(37)33-11-10-22(35)36/h1-9,13-14H,10-12H2,(H,33,37)(H,34,38)(H,35,36). The Balaban J connectivity index is 1.74. The summed E-state index contributed by atoms with van der Waals surface area (Å²) in [6.07, 6.45) is -11.6. The highest BCUT2D eigenvalue weighted by atomic mass is 19.4. The maximum atomic E-state index is 12.7. The summed E-state index contributed by atoms with van der Waals surface area (Å²) in [4.78, 5) is 35.1. The van der Waals surface area contributed by atoms with E-state index in [9.17, 15) is 40.7 Å². The lowest BCUT2D eigenvalue weighted by Gasteiger charge is -2.15. The average Bonchev–Trinajstić information content (AvgIpc) is 2.84. The molecule has 3 N–H and O–H groups in total. The fourth-order valence-electron chi connectivity index (χ4n) is 3.40. The van der Waals surface area contributed by atoms with E-state index < -0.39 is 42.2 Å². The van der Waals surface area contributed by atoms with Crippen molar-refractivity contribution >= 4 is 23.7 Å². The smallest absolute Gasteiger partial charge is 0.481 e. The molecule has 0 saturated heterocycles. The fraction of sp³-hybridized carbons (Fsp3) is 0.192. The SMILES string of the molecule is O=C(O)CCNC(=O)c1ccc(NC(=O)Oc2ccc(OC(F)(F)F)cc2Cc2cccc(OC(F)(F)F)c2)cc1. The van der Waals surface area contributed by atoms with Gasteiger partial charge in [0.05, 0.1) is 6.42 Å². The first kappa shape index (κ1) is 30.6. The first-order valence-corrected chi connectivity index (χ1v) is 11.5. The van der Waals surface area contributed by atoms with Crippen molar-refractivity contribution < 1.29 is 60.0 Å². The number of carboxylic acids is 1. The number of alkyl halides is 6. The number of halogens is 6. The van der Waals surface area contributed by atoms with Crippen molar-refractivity contribution in [3.63, 3.8) is 0 Å². The first-order chi connectivity index (χ1) is 19.2. The van der Waals surface area contributed by atoms with E-state index in [0.29, 0.717) is 0 Å². The Labute approximate surface area is 227 Å². The van der Waals surface area contributed by atoms with Gasteiger partial charge in [0, 0.05) is 29.8 Å². The van der Waals surface area contributed by atoms with Crippen molar-refractivity contribution in [1.29, 1.82) is 0 Å². The second-order valence-corrected chi connectivity index (χ2v) is 8.18. The second-order valence-electron chi connectivity index (χ2n) is 8.18. The van der Waals surface area contributed by atoms with E-state index in [4.69, 9.17) is 9.84 Å². The average molecular weight is 586 g/mol. The summed E-state index contributed by atoms with van der Waals surface area (Å²) in [5.41, 5.74) is 0.513. The molecule has 0 unspecified atom stereocenters. The normalized spacial score (nSPS) is 11.4. The molecule has 0 aliphatic heterocycles. The molecule has 0 spiro atoms. The Hall–Kier alpha value is -4.95. The zero-order valence-corrected chi connectivity index (χ0v) is 20.6. The van der Waals surface area contributed by atoms with Crippen LogP contribution in [0.2, 0.25) is 0 Å². The number of benzene rings is 3. The van der Waals surface area contributed by atoms with Gasteiger partial charge in [0.15, 0.2) is 0 Å². The van der Waals surface area contributed by atoms with Gasteiger partial charge < -0.3 is 24.6 Å². The van der Waals surface area contributed by atoms with Crippen LogP contribution in [0.4, 0.5) is 36.8 Å². The van der Waals surface area contributed by atoms with E-state index in [-0.39, 0.29) is 47.5 Å². The fourth-order valence-corrected chi connectivity index (χ4v) is 3.40. The van der Waals surface area contributed by atoms with Gasteiger partial charge in [-0.1, -0.05) is 12.1 Å². The number of hydrogen-bond donors (Lipinski definition) is 3. The molecule has 2 amide bonds. The van der Waals surface area contributed by atoms with Crippen LogP contribution in [0.1, 0.15) is 27.9 Å². The number of carboxylic acid groups (broad SMARTS) is 1. The number of amides is 2. The largest absolute Gasteiger partial charge is 0.573 e. The molecular formula is C26H20F6N2O7. The van der Waals surface area contributed by atoms with E-state index in [1.54, 1.807) is 0 Å². The second kappa shape index (κ2) is 12.9. The van der Waals surface area contributed by atoms with Gasteiger partial charge in [-0.05, 0) is 60.2 Å². The van der Waals surface area contributed by atoms with Crippen LogP contribution in [0.3, 0.4) is 0 Å². The Morgan fingerprint density at radius 2 is 1.44 bits per heavy atom. The molecule has 0 radical (unpaired) electrons. The maximum Gasteiger partial charge on any atom is 0.573 e. The van der Waals surface area contributed by atoms with Crippen LogP contribution in [-0.4, -0.2) is 42.3 Å². The van der Waals surface area contributed by atoms with E-state index >= 15 is 0 Å². The summed E-state index contributed by atoms with van der Waals surface area (Å²) in [6, 6.07) is 12.9. The number of carbonyl (C=O) groups is 3. The highest BCUT2D eigenvalue weighted by Crippen LogP contribution is 2.32. The summed E-state index contributed by atoms with van der Waals surface area (Å²) in [5, 5.41) is 13.4. The lowest BCUT2D eigenvalue weighted by atomic mass is 10.0. The summed E-state index contributed by atoms with van der Waals surface area (Å²) in [5.74, 6) is -3.06. The van der Waals surface area contributed by atoms with Crippen molar-refractivity contribution in [3.05, 3.63) is 83.4 Å². The molecule has 0 fully saturated rings. The minimum Gasteiger partial charge on any atom is -0.481 e. The van der Waals surface area contributed by atoms with Crippen LogP contribution in [0, 0.1) is 0 Å². The molecule has 0 bridgehead atoms. The minimum absolute atomic E-state index is 0.0283. The van der Waals surface area contributed by atoms with Gasteiger partial charge in [0.2, 0.25) is 0 Å². The van der Waals surface area contributed by atoms with Gasteiger partial charge >= 0.3 is 24.8 Å². The Morgan fingerprint density at radius 1 is 0.805 bits per heavy atom. The zero-order valence-electron chi connectivity index (χ0n) is 20.6. The molecule has 3 rings (SSSR count). The van der Waals surface area contributed by atoms with E-state index in [0.717, 1.165) is 30.3 Å². The number of anilines is 1. The molecule has 0 atom stereocenters. The van der Waals surface area contributed by atoms with Crippen molar-refractivity contribution in [3.8, 4) is 17.2 Å². The van der Waals surface area contributed by atoms with Gasteiger partial charge in [-0.15, -0.1) is 26.3 Å². The Bertz CT molecular complexity index is 1390. The third kappa shape index (κ3) is 10.6. The van der Waals surface area contributed by atoms with Gasteiger partial charge in [-0.25, -0.2) is 4.79 Å². The molecular weight excluding hydrogens is 566 g/mol. The van der Waals surface area contributed by atoms with Gasteiger partial charge in [0.1, 0.15) is 17.2 Å². The molecule has 0 aromatic heterocycles. The Morgan fingerprint density at radius 3 is 2.05 bits per heavy atom. The molecule has 0 aliphatic carbocycles. The summed E-state index contributed by atoms with van der Waals surface area (Å²) in [6.45, 7) is -0.0880. The molecule has 3 aromatic rings. The Kier molecular flexibility index (Phi) is 9.65. The molecule has 0 heterocycles. The van der Waals surface area contributed by atoms with Crippen molar-refractivity contribution in [2.24, 2.45) is 0 Å². The predicted molar refractivity (Wildman–Crippen MR) is 130 cm³/mol. The quantitative estimate of drug-likeness (QED) is 0.253. The highest BCUT2D eigenvalue weighted by molar-refractivity contribution is 5.95. The number of aliphatic carboxylic acids is 1. The lowest BCUT2D eigenvalue weighted by Crippen LogP contribution is -2.26. The van der Waals surface area contributed by atoms with Crippen LogP contribution in [0.25, 0.3) is 0 Å². The van der Waals surface area contributed by atoms with Crippen molar-refractivity contribution in [2.75, 3.05) is 11.9 Å². The van der Waals surface area contributed by atoms with Gasteiger partial charge in [-0.2, -0.15) is 0 Å². The first-order valence-electron chi connectivity index (χ1n) is 11.5. The molecule has 218 valence electrons. The number of carbonyl (C=O) groups excluding carboxylic acids is 2. The third-order valence-corrected chi connectivity index (χ3v) is 5.01. The van der Waals surface area contributed by atoms with Crippen LogP contribution in [-0.2, 0) is 11.2 Å². The number of nitrogens with one attached hydrogen (secondary N) is 2. The van der Waals surface area contributed by atoms with Crippen LogP contribution < -0.4 is 24.8 Å². The number of ether oxygens (including phenoxy) is 3.